The van der Waals surface area contributed by atoms with Gasteiger partial charge < -0.3 is 5.73 Å². The number of nitrogens with zero attached hydrogens (tertiary/aromatic N) is 6. The van der Waals surface area contributed by atoms with Crippen molar-refractivity contribution in [1.29, 1.82) is 5.26 Å². The van der Waals surface area contributed by atoms with Gasteiger partial charge in [-0.3, -0.25) is 5.10 Å². The molecule has 1 heterocycles. The van der Waals surface area contributed by atoms with E-state index in [9.17, 15) is 0 Å². The van der Waals surface area contributed by atoms with Crippen LogP contribution in [0.15, 0.2) is 0 Å². The maximum Gasteiger partial charge on any atom is 0.183 e. The SMILES string of the molecule is C[N+](C)(N)CC#N.Nc1nnn[n-]1. The van der Waals surface area contributed by atoms with Crippen molar-refractivity contribution in [3.05, 3.63) is 0 Å². The fraction of sp³-hybridized carbons (Fsp3) is 0.600. The van der Waals surface area contributed by atoms with Crippen LogP contribution in [0.3, 0.4) is 0 Å². The van der Waals surface area contributed by atoms with E-state index in [1.165, 1.54) is 0 Å². The van der Waals surface area contributed by atoms with Crippen molar-refractivity contribution in [3.63, 3.8) is 0 Å². The lowest BCUT2D eigenvalue weighted by atomic mass is 10.6. The van der Waals surface area contributed by atoms with Crippen molar-refractivity contribution < 1.29 is 4.59 Å². The molecular formula is C5H12N8. The lowest BCUT2D eigenvalue weighted by molar-refractivity contribution is -0.895. The van der Waals surface area contributed by atoms with Gasteiger partial charge in [0.25, 0.3) is 0 Å². The van der Waals surface area contributed by atoms with E-state index in [0.717, 1.165) is 0 Å². The summed E-state index contributed by atoms with van der Waals surface area (Å²) in [7, 11) is 3.53. The van der Waals surface area contributed by atoms with Crippen LogP contribution in [0.5, 0.6) is 0 Å². The predicted molar refractivity (Wildman–Crippen MR) is 44.3 cm³/mol. The minimum Gasteiger partial charge on any atom is -0.430 e. The van der Waals surface area contributed by atoms with Crippen molar-refractivity contribution in [2.24, 2.45) is 5.84 Å². The van der Waals surface area contributed by atoms with E-state index in [1.54, 1.807) is 14.1 Å². The molecule has 8 nitrogen and oxygen atoms in total. The molecule has 0 aliphatic carbocycles. The zero-order chi connectivity index (χ0) is 10.3. The molecule has 0 unspecified atom stereocenters. The van der Waals surface area contributed by atoms with E-state index < -0.39 is 0 Å². The van der Waals surface area contributed by atoms with Crippen molar-refractivity contribution in [3.8, 4) is 6.07 Å². The third kappa shape index (κ3) is 8.18. The lowest BCUT2D eigenvalue weighted by Gasteiger charge is -2.16. The Morgan fingerprint density at radius 1 is 1.62 bits per heavy atom. The molecule has 0 aliphatic rings. The van der Waals surface area contributed by atoms with Gasteiger partial charge in [-0.1, -0.05) is 0 Å². The van der Waals surface area contributed by atoms with E-state index >= 15 is 0 Å². The van der Waals surface area contributed by atoms with Crippen LogP contribution in [0.25, 0.3) is 0 Å². The van der Waals surface area contributed by atoms with Gasteiger partial charge in [-0.15, -0.1) is 5.21 Å². The second-order valence-electron chi connectivity index (χ2n) is 2.83. The number of hydrogen-bond donors (Lipinski definition) is 2. The highest BCUT2D eigenvalue weighted by Crippen LogP contribution is 1.78. The second-order valence-corrected chi connectivity index (χ2v) is 2.83. The number of nitrogens with two attached hydrogens (primary N) is 2. The van der Waals surface area contributed by atoms with E-state index in [4.69, 9.17) is 16.8 Å². The number of aromatic nitrogens is 4. The Morgan fingerprint density at radius 3 is 2.31 bits per heavy atom. The summed E-state index contributed by atoms with van der Waals surface area (Å²) in [5, 5.41) is 20.7. The van der Waals surface area contributed by atoms with Gasteiger partial charge in [-0.25, -0.2) is 9.69 Å². The zero-order valence-electron chi connectivity index (χ0n) is 7.55. The minimum absolute atomic E-state index is 0.120. The summed E-state index contributed by atoms with van der Waals surface area (Å²) in [5.41, 5.74) is 4.93. The van der Waals surface area contributed by atoms with Crippen LogP contribution in [0.1, 0.15) is 0 Å². The van der Waals surface area contributed by atoms with Gasteiger partial charge in [-0.05, 0) is 0 Å². The Labute approximate surface area is 75.7 Å². The topological polar surface area (TPSA) is 129 Å². The van der Waals surface area contributed by atoms with Gasteiger partial charge in [0.1, 0.15) is 6.07 Å². The third-order valence-electron chi connectivity index (χ3n) is 0.813. The molecule has 0 amide bonds. The smallest absolute Gasteiger partial charge is 0.183 e. The number of rotatable bonds is 1. The number of nitriles is 1. The standard InChI is InChI=1S/C4H10N3.CH2N5/c1-7(2,6)4-3-5;2-1-3-5-6-4-1/h4,6H2,1-2H3;(H2-,2,3,4,5,6)/q+1;-1. The quantitative estimate of drug-likeness (QED) is 0.221. The molecule has 72 valence electrons. The zero-order valence-corrected chi connectivity index (χ0v) is 7.55. The molecule has 0 saturated heterocycles. The highest BCUT2D eigenvalue weighted by molar-refractivity contribution is 5.04. The molecule has 0 spiro atoms. The summed E-state index contributed by atoms with van der Waals surface area (Å²) in [6, 6.07) is 1.95. The molecular weight excluding hydrogens is 172 g/mol. The molecule has 1 aromatic heterocycles. The number of hydrogen-bond acceptors (Lipinski definition) is 6. The fourth-order valence-corrected chi connectivity index (χ4v) is 0.334. The Hall–Kier alpha value is -1.72. The van der Waals surface area contributed by atoms with E-state index in [-0.39, 0.29) is 10.5 Å². The summed E-state index contributed by atoms with van der Waals surface area (Å²) in [6.45, 7) is 0.361. The van der Waals surface area contributed by atoms with Gasteiger partial charge in [0, 0.05) is 0 Å². The van der Waals surface area contributed by atoms with Gasteiger partial charge in [-0.2, -0.15) is 16.3 Å². The largest absolute Gasteiger partial charge is 0.430 e. The van der Waals surface area contributed by atoms with Crippen LogP contribution in [-0.4, -0.2) is 40.8 Å². The monoisotopic (exact) mass is 184 g/mol. The second kappa shape index (κ2) is 5.02. The average Bonchev–Trinajstić information content (AvgIpc) is 2.38. The van der Waals surface area contributed by atoms with Crippen LogP contribution >= 0.6 is 0 Å². The number of anilines is 1. The molecule has 0 aromatic carbocycles. The highest BCUT2D eigenvalue weighted by atomic mass is 15.5. The summed E-state index contributed by atoms with van der Waals surface area (Å²) < 4.78 is 0.233. The predicted octanol–water partition coefficient (Wildman–Crippen LogP) is -2.13. The maximum atomic E-state index is 8.06. The van der Waals surface area contributed by atoms with Gasteiger partial charge in [0.05, 0.1) is 20.0 Å². The third-order valence-corrected chi connectivity index (χ3v) is 0.813. The molecule has 8 heteroatoms. The Balaban J connectivity index is 0.000000223. The molecule has 13 heavy (non-hydrogen) atoms. The first kappa shape index (κ1) is 11.3. The average molecular weight is 184 g/mol. The summed E-state index contributed by atoms with van der Waals surface area (Å²) in [6.07, 6.45) is 0. The Bertz CT molecular complexity index is 251. The summed E-state index contributed by atoms with van der Waals surface area (Å²) in [5.74, 6) is 5.48. The first-order valence-corrected chi connectivity index (χ1v) is 3.38. The fourth-order valence-electron chi connectivity index (χ4n) is 0.334. The molecule has 0 atom stereocenters. The van der Waals surface area contributed by atoms with Crippen LogP contribution < -0.4 is 16.7 Å². The lowest BCUT2D eigenvalue weighted by Crippen LogP contribution is -2.46. The van der Waals surface area contributed by atoms with Crippen LogP contribution in [-0.2, 0) is 0 Å². The molecule has 0 bridgehead atoms. The highest BCUT2D eigenvalue weighted by Gasteiger charge is 2.03. The number of tetrazole rings is 1. The first-order chi connectivity index (χ1) is 5.95. The van der Waals surface area contributed by atoms with Crippen molar-refractivity contribution in [1.82, 2.24) is 20.6 Å². The van der Waals surface area contributed by atoms with Crippen molar-refractivity contribution in [2.45, 2.75) is 0 Å². The minimum atomic E-state index is 0.120. The van der Waals surface area contributed by atoms with Gasteiger partial charge in [0.2, 0.25) is 0 Å². The molecule has 4 N–H and O–H groups in total. The number of quaternary nitrogens is 1. The molecule has 0 saturated carbocycles. The van der Waals surface area contributed by atoms with Gasteiger partial charge in [0.15, 0.2) is 6.54 Å². The Kier molecular flexibility index (Phi) is 4.36. The van der Waals surface area contributed by atoms with Crippen LogP contribution in [0, 0.1) is 11.3 Å². The summed E-state index contributed by atoms with van der Waals surface area (Å²) in [4.78, 5) is 0. The summed E-state index contributed by atoms with van der Waals surface area (Å²) >= 11 is 0. The molecule has 1 rings (SSSR count). The molecule has 0 radical (unpaired) electrons. The van der Waals surface area contributed by atoms with Gasteiger partial charge >= 0.3 is 0 Å². The molecule has 1 aromatic rings. The van der Waals surface area contributed by atoms with Crippen molar-refractivity contribution >= 4 is 5.95 Å². The van der Waals surface area contributed by atoms with E-state index in [2.05, 4.69) is 20.6 Å². The number of nitrogen functional groups attached to an aromatic ring is 1. The molecule has 0 fully saturated rings. The maximum absolute atomic E-state index is 8.06. The normalized spacial score (nSPS) is 9.69. The van der Waals surface area contributed by atoms with E-state index in [0.29, 0.717) is 6.54 Å². The van der Waals surface area contributed by atoms with Crippen LogP contribution in [0.2, 0.25) is 0 Å². The van der Waals surface area contributed by atoms with Crippen LogP contribution in [0.4, 0.5) is 5.95 Å². The first-order valence-electron chi connectivity index (χ1n) is 3.38. The van der Waals surface area contributed by atoms with E-state index in [1.807, 2.05) is 6.07 Å². The van der Waals surface area contributed by atoms with Crippen molar-refractivity contribution in [2.75, 3.05) is 26.4 Å². The Morgan fingerprint density at radius 2 is 2.23 bits per heavy atom. The molecule has 0 aliphatic heterocycles.